The lowest BCUT2D eigenvalue weighted by Crippen LogP contribution is -2.04. The molecule has 0 aliphatic heterocycles. The summed E-state index contributed by atoms with van der Waals surface area (Å²) in [5.41, 5.74) is 7.22. The van der Waals surface area contributed by atoms with Crippen LogP contribution in [-0.4, -0.2) is 0 Å². The minimum atomic E-state index is 0.268. The predicted octanol–water partition coefficient (Wildman–Crippen LogP) is 5.34. The molecule has 2 aromatic carbocycles. The third kappa shape index (κ3) is 3.72. The standard InChI is InChI=1S/C14H11Cl4NO/c15-10-2-1-8(12(17)4-10)7-20-14-9(6-19)3-11(16)5-13(14)18/h1-5H,6-7,19H2. The molecule has 0 saturated heterocycles. The molecular weight excluding hydrogens is 340 g/mol. The van der Waals surface area contributed by atoms with Crippen molar-refractivity contribution in [2.45, 2.75) is 13.2 Å². The topological polar surface area (TPSA) is 35.2 Å². The fourth-order valence-corrected chi connectivity index (χ4v) is 2.77. The Bertz CT molecular complexity index is 631. The summed E-state index contributed by atoms with van der Waals surface area (Å²) >= 11 is 24.0. The number of ether oxygens (including phenoxy) is 1. The minimum absolute atomic E-state index is 0.268. The number of rotatable bonds is 4. The first-order chi connectivity index (χ1) is 9.51. The van der Waals surface area contributed by atoms with Gasteiger partial charge in [-0.15, -0.1) is 0 Å². The largest absolute Gasteiger partial charge is 0.487 e. The Balaban J connectivity index is 2.22. The summed E-state index contributed by atoms with van der Waals surface area (Å²) in [6, 6.07) is 8.55. The van der Waals surface area contributed by atoms with Crippen LogP contribution < -0.4 is 10.5 Å². The first-order valence-corrected chi connectivity index (χ1v) is 7.27. The predicted molar refractivity (Wildman–Crippen MR) is 85.1 cm³/mol. The average Bonchev–Trinajstić information content (AvgIpc) is 2.38. The van der Waals surface area contributed by atoms with Crippen LogP contribution in [0.2, 0.25) is 20.1 Å². The molecule has 0 saturated carbocycles. The maximum Gasteiger partial charge on any atom is 0.142 e. The number of benzene rings is 2. The zero-order valence-corrected chi connectivity index (χ0v) is 13.3. The summed E-state index contributed by atoms with van der Waals surface area (Å²) in [6.45, 7) is 0.550. The van der Waals surface area contributed by atoms with Crippen molar-refractivity contribution in [2.24, 2.45) is 5.73 Å². The highest BCUT2D eigenvalue weighted by molar-refractivity contribution is 6.36. The van der Waals surface area contributed by atoms with Crippen molar-refractivity contribution in [3.63, 3.8) is 0 Å². The highest BCUT2D eigenvalue weighted by atomic mass is 35.5. The van der Waals surface area contributed by atoms with Crippen molar-refractivity contribution >= 4 is 46.4 Å². The van der Waals surface area contributed by atoms with Gasteiger partial charge in [-0.25, -0.2) is 0 Å². The molecule has 0 atom stereocenters. The monoisotopic (exact) mass is 349 g/mol. The molecule has 6 heteroatoms. The Morgan fingerprint density at radius 3 is 2.20 bits per heavy atom. The van der Waals surface area contributed by atoms with E-state index < -0.39 is 0 Å². The molecule has 0 heterocycles. The van der Waals surface area contributed by atoms with Crippen LogP contribution in [-0.2, 0) is 13.2 Å². The van der Waals surface area contributed by atoms with E-state index in [9.17, 15) is 0 Å². The van der Waals surface area contributed by atoms with E-state index in [2.05, 4.69) is 0 Å². The minimum Gasteiger partial charge on any atom is -0.487 e. The second-order valence-electron chi connectivity index (χ2n) is 4.10. The van der Waals surface area contributed by atoms with Crippen molar-refractivity contribution in [2.75, 3.05) is 0 Å². The zero-order valence-electron chi connectivity index (χ0n) is 10.3. The van der Waals surface area contributed by atoms with Gasteiger partial charge in [0.2, 0.25) is 0 Å². The normalized spacial score (nSPS) is 10.7. The molecule has 0 bridgehead atoms. The van der Waals surface area contributed by atoms with E-state index in [4.69, 9.17) is 56.9 Å². The van der Waals surface area contributed by atoms with Crippen LogP contribution in [0, 0.1) is 0 Å². The molecule has 0 unspecified atom stereocenters. The first-order valence-electron chi connectivity index (χ1n) is 5.76. The van der Waals surface area contributed by atoms with Gasteiger partial charge in [-0.3, -0.25) is 0 Å². The van der Waals surface area contributed by atoms with Gasteiger partial charge in [0.25, 0.3) is 0 Å². The van der Waals surface area contributed by atoms with E-state index in [0.29, 0.717) is 25.8 Å². The van der Waals surface area contributed by atoms with Gasteiger partial charge in [-0.05, 0) is 24.3 Å². The molecule has 0 aliphatic carbocycles. The maximum atomic E-state index is 6.13. The molecule has 20 heavy (non-hydrogen) atoms. The van der Waals surface area contributed by atoms with Crippen molar-refractivity contribution in [1.29, 1.82) is 0 Å². The number of hydrogen-bond donors (Lipinski definition) is 1. The third-order valence-corrected chi connectivity index (χ3v) is 3.78. The Hall–Kier alpha value is -0.640. The van der Waals surface area contributed by atoms with Crippen molar-refractivity contribution in [1.82, 2.24) is 0 Å². The van der Waals surface area contributed by atoms with Crippen LogP contribution in [0.3, 0.4) is 0 Å². The van der Waals surface area contributed by atoms with E-state index in [0.717, 1.165) is 11.1 Å². The summed E-state index contributed by atoms with van der Waals surface area (Å²) in [5, 5.41) is 2.05. The molecule has 0 aromatic heterocycles. The number of halogens is 4. The van der Waals surface area contributed by atoms with Crippen LogP contribution in [0.15, 0.2) is 30.3 Å². The van der Waals surface area contributed by atoms with Gasteiger partial charge in [0.1, 0.15) is 12.4 Å². The molecule has 2 rings (SSSR count). The van der Waals surface area contributed by atoms with Crippen LogP contribution in [0.1, 0.15) is 11.1 Å². The molecule has 106 valence electrons. The average molecular weight is 351 g/mol. The van der Waals surface area contributed by atoms with E-state index >= 15 is 0 Å². The van der Waals surface area contributed by atoms with E-state index in [1.165, 1.54) is 0 Å². The highest BCUT2D eigenvalue weighted by Crippen LogP contribution is 2.33. The van der Waals surface area contributed by atoms with Gasteiger partial charge in [0, 0.05) is 32.7 Å². The number of hydrogen-bond acceptors (Lipinski definition) is 2. The lowest BCUT2D eigenvalue weighted by molar-refractivity contribution is 0.303. The van der Waals surface area contributed by atoms with Gasteiger partial charge < -0.3 is 10.5 Å². The summed E-state index contributed by atoms with van der Waals surface area (Å²) in [4.78, 5) is 0. The number of nitrogens with two attached hydrogens (primary N) is 1. The summed E-state index contributed by atoms with van der Waals surface area (Å²) in [6.07, 6.45) is 0. The van der Waals surface area contributed by atoms with Gasteiger partial charge in [-0.2, -0.15) is 0 Å². The highest BCUT2D eigenvalue weighted by Gasteiger charge is 2.11. The van der Waals surface area contributed by atoms with Crippen LogP contribution in [0.5, 0.6) is 5.75 Å². The Morgan fingerprint density at radius 1 is 0.850 bits per heavy atom. The Morgan fingerprint density at radius 2 is 1.55 bits per heavy atom. The zero-order chi connectivity index (χ0) is 14.7. The van der Waals surface area contributed by atoms with Crippen LogP contribution in [0.25, 0.3) is 0 Å². The lowest BCUT2D eigenvalue weighted by Gasteiger charge is -2.13. The molecule has 0 radical (unpaired) electrons. The molecule has 0 spiro atoms. The van der Waals surface area contributed by atoms with Crippen molar-refractivity contribution in [3.05, 3.63) is 61.5 Å². The molecule has 2 aromatic rings. The van der Waals surface area contributed by atoms with Gasteiger partial charge >= 0.3 is 0 Å². The second-order valence-corrected chi connectivity index (χ2v) is 5.79. The van der Waals surface area contributed by atoms with E-state index in [1.807, 2.05) is 0 Å². The van der Waals surface area contributed by atoms with Crippen LogP contribution >= 0.6 is 46.4 Å². The Kier molecular flexibility index (Phi) is 5.42. The van der Waals surface area contributed by atoms with Crippen molar-refractivity contribution < 1.29 is 4.74 Å². The van der Waals surface area contributed by atoms with E-state index in [1.54, 1.807) is 30.3 Å². The molecule has 0 aliphatic rings. The van der Waals surface area contributed by atoms with Gasteiger partial charge in [-0.1, -0.05) is 52.5 Å². The molecule has 2 nitrogen and oxygen atoms in total. The lowest BCUT2D eigenvalue weighted by atomic mass is 10.2. The first kappa shape index (κ1) is 15.7. The van der Waals surface area contributed by atoms with Crippen LogP contribution in [0.4, 0.5) is 0 Å². The molecular formula is C14H11Cl4NO. The Labute approximate surface area is 137 Å². The summed E-state index contributed by atoms with van der Waals surface area (Å²) in [5.74, 6) is 0.518. The molecule has 0 amide bonds. The summed E-state index contributed by atoms with van der Waals surface area (Å²) in [7, 11) is 0. The second kappa shape index (κ2) is 6.88. The quantitative estimate of drug-likeness (QED) is 0.807. The van der Waals surface area contributed by atoms with Crippen molar-refractivity contribution in [3.8, 4) is 5.75 Å². The fraction of sp³-hybridized carbons (Fsp3) is 0.143. The SMILES string of the molecule is NCc1cc(Cl)cc(Cl)c1OCc1ccc(Cl)cc1Cl. The maximum absolute atomic E-state index is 6.13. The fourth-order valence-electron chi connectivity index (χ4n) is 1.72. The third-order valence-electron chi connectivity index (χ3n) is 2.69. The molecule has 2 N–H and O–H groups in total. The summed E-state index contributed by atoms with van der Waals surface area (Å²) < 4.78 is 5.72. The van der Waals surface area contributed by atoms with Gasteiger partial charge in [0.05, 0.1) is 5.02 Å². The smallest absolute Gasteiger partial charge is 0.142 e. The molecule has 0 fully saturated rings. The van der Waals surface area contributed by atoms with E-state index in [-0.39, 0.29) is 13.2 Å². The van der Waals surface area contributed by atoms with Gasteiger partial charge in [0.15, 0.2) is 0 Å².